The first-order valence-electron chi connectivity index (χ1n) is 5.80. The van der Waals surface area contributed by atoms with E-state index in [-0.39, 0.29) is 10.7 Å². The Morgan fingerprint density at radius 3 is 2.88 bits per heavy atom. The van der Waals surface area contributed by atoms with E-state index in [9.17, 15) is 4.79 Å². The standard InChI is InChI=1S/C13H18BrNO2/c1-3-12(14)13(16)15-9-10-6-5-7-11(8-10)17-4-2/h5-8,12H,3-4,9H2,1-2H3,(H,15,16). The van der Waals surface area contributed by atoms with Gasteiger partial charge in [0.25, 0.3) is 0 Å². The smallest absolute Gasteiger partial charge is 0.234 e. The number of rotatable bonds is 6. The Labute approximate surface area is 111 Å². The number of nitrogens with one attached hydrogen (secondary N) is 1. The van der Waals surface area contributed by atoms with Crippen LogP contribution in [0.15, 0.2) is 24.3 Å². The summed E-state index contributed by atoms with van der Waals surface area (Å²) < 4.78 is 5.40. The van der Waals surface area contributed by atoms with Crippen molar-refractivity contribution in [3.05, 3.63) is 29.8 Å². The lowest BCUT2D eigenvalue weighted by molar-refractivity contribution is -0.120. The Morgan fingerprint density at radius 2 is 2.24 bits per heavy atom. The highest BCUT2D eigenvalue weighted by atomic mass is 79.9. The maximum atomic E-state index is 11.6. The molecule has 0 radical (unpaired) electrons. The van der Waals surface area contributed by atoms with E-state index in [1.165, 1.54) is 0 Å². The van der Waals surface area contributed by atoms with Crippen molar-refractivity contribution in [3.63, 3.8) is 0 Å². The van der Waals surface area contributed by atoms with Crippen LogP contribution < -0.4 is 10.1 Å². The molecule has 0 aromatic heterocycles. The number of carbonyl (C=O) groups is 1. The number of hydrogen-bond acceptors (Lipinski definition) is 2. The molecule has 0 spiro atoms. The Hall–Kier alpha value is -1.03. The van der Waals surface area contributed by atoms with Crippen molar-refractivity contribution in [3.8, 4) is 5.75 Å². The molecule has 1 amide bonds. The van der Waals surface area contributed by atoms with Crippen molar-refractivity contribution < 1.29 is 9.53 Å². The molecule has 0 aliphatic rings. The first-order chi connectivity index (χ1) is 8.17. The molecule has 1 aromatic carbocycles. The molecule has 0 aliphatic carbocycles. The van der Waals surface area contributed by atoms with E-state index in [4.69, 9.17) is 4.74 Å². The molecule has 4 heteroatoms. The second-order valence-electron chi connectivity index (χ2n) is 3.67. The summed E-state index contributed by atoms with van der Waals surface area (Å²) in [5, 5.41) is 2.88. The zero-order chi connectivity index (χ0) is 12.7. The topological polar surface area (TPSA) is 38.3 Å². The van der Waals surface area contributed by atoms with Gasteiger partial charge >= 0.3 is 0 Å². The molecule has 0 saturated heterocycles. The maximum absolute atomic E-state index is 11.6. The number of ether oxygens (including phenoxy) is 1. The van der Waals surface area contributed by atoms with E-state index in [1.54, 1.807) is 0 Å². The normalized spacial score (nSPS) is 11.9. The van der Waals surface area contributed by atoms with Crippen LogP contribution in [0.3, 0.4) is 0 Å². The Balaban J connectivity index is 2.51. The third kappa shape index (κ3) is 4.77. The molecule has 1 rings (SSSR count). The molecule has 1 aromatic rings. The Bertz CT molecular complexity index is 368. The number of benzene rings is 1. The van der Waals surface area contributed by atoms with Crippen LogP contribution in [-0.2, 0) is 11.3 Å². The monoisotopic (exact) mass is 299 g/mol. The summed E-state index contributed by atoms with van der Waals surface area (Å²) in [5.41, 5.74) is 1.04. The first kappa shape index (κ1) is 14.0. The van der Waals surface area contributed by atoms with Gasteiger partial charge in [0.2, 0.25) is 5.91 Å². The third-order valence-corrected chi connectivity index (χ3v) is 3.38. The van der Waals surface area contributed by atoms with Gasteiger partial charge in [-0.2, -0.15) is 0 Å². The van der Waals surface area contributed by atoms with Crippen molar-refractivity contribution >= 4 is 21.8 Å². The van der Waals surface area contributed by atoms with Gasteiger partial charge in [0.15, 0.2) is 0 Å². The summed E-state index contributed by atoms with van der Waals surface area (Å²) in [6.07, 6.45) is 0.783. The minimum absolute atomic E-state index is 0.0225. The molecule has 1 unspecified atom stereocenters. The maximum Gasteiger partial charge on any atom is 0.234 e. The SMILES string of the molecule is CCOc1cccc(CNC(=O)C(Br)CC)c1. The third-order valence-electron chi connectivity index (χ3n) is 2.32. The molecule has 3 nitrogen and oxygen atoms in total. The van der Waals surface area contributed by atoms with Crippen LogP contribution in [0.2, 0.25) is 0 Å². The molecule has 94 valence electrons. The summed E-state index contributed by atoms with van der Waals surface area (Å²) >= 11 is 3.32. The number of hydrogen-bond donors (Lipinski definition) is 1. The van der Waals surface area contributed by atoms with Crippen molar-refractivity contribution in [2.45, 2.75) is 31.6 Å². The van der Waals surface area contributed by atoms with Gasteiger partial charge in [0, 0.05) is 6.54 Å². The number of amides is 1. The molecule has 0 heterocycles. The predicted molar refractivity (Wildman–Crippen MR) is 72.5 cm³/mol. The van der Waals surface area contributed by atoms with E-state index in [1.807, 2.05) is 38.1 Å². The van der Waals surface area contributed by atoms with Crippen LogP contribution in [0.1, 0.15) is 25.8 Å². The average molecular weight is 300 g/mol. The van der Waals surface area contributed by atoms with Crippen LogP contribution in [-0.4, -0.2) is 17.3 Å². The van der Waals surface area contributed by atoms with Crippen LogP contribution in [0.4, 0.5) is 0 Å². The predicted octanol–water partition coefficient (Wildman–Crippen LogP) is 2.88. The van der Waals surface area contributed by atoms with Crippen molar-refractivity contribution in [1.82, 2.24) is 5.32 Å². The highest BCUT2D eigenvalue weighted by Gasteiger charge is 2.11. The molecule has 0 aliphatic heterocycles. The van der Waals surface area contributed by atoms with Crippen LogP contribution in [0.25, 0.3) is 0 Å². The van der Waals surface area contributed by atoms with Gasteiger partial charge < -0.3 is 10.1 Å². The summed E-state index contributed by atoms with van der Waals surface area (Å²) in [6, 6.07) is 7.75. The van der Waals surface area contributed by atoms with Crippen LogP contribution >= 0.6 is 15.9 Å². The zero-order valence-corrected chi connectivity index (χ0v) is 11.8. The number of alkyl halides is 1. The minimum atomic E-state index is -0.113. The first-order valence-corrected chi connectivity index (χ1v) is 6.72. The van der Waals surface area contributed by atoms with E-state index < -0.39 is 0 Å². The second kappa shape index (κ2) is 7.33. The summed E-state index contributed by atoms with van der Waals surface area (Å²) in [5.74, 6) is 0.861. The summed E-state index contributed by atoms with van der Waals surface area (Å²) in [4.78, 5) is 11.5. The lowest BCUT2D eigenvalue weighted by Gasteiger charge is -2.10. The minimum Gasteiger partial charge on any atom is -0.494 e. The van der Waals surface area contributed by atoms with Gasteiger partial charge in [0.1, 0.15) is 5.75 Å². The Morgan fingerprint density at radius 1 is 1.47 bits per heavy atom. The van der Waals surface area contributed by atoms with Gasteiger partial charge in [-0.25, -0.2) is 0 Å². The lowest BCUT2D eigenvalue weighted by Crippen LogP contribution is -2.30. The summed E-state index contributed by atoms with van der Waals surface area (Å²) in [6.45, 7) is 5.09. The fourth-order valence-corrected chi connectivity index (χ4v) is 1.56. The van der Waals surface area contributed by atoms with Gasteiger partial charge in [-0.1, -0.05) is 35.0 Å². The highest BCUT2D eigenvalue weighted by molar-refractivity contribution is 9.10. The Kier molecular flexibility index (Phi) is 6.05. The summed E-state index contributed by atoms with van der Waals surface area (Å²) in [7, 11) is 0. The van der Waals surface area contributed by atoms with Crippen LogP contribution in [0, 0.1) is 0 Å². The number of halogens is 1. The zero-order valence-electron chi connectivity index (χ0n) is 10.2. The van der Waals surface area contributed by atoms with E-state index in [0.29, 0.717) is 13.2 Å². The van der Waals surface area contributed by atoms with E-state index in [0.717, 1.165) is 17.7 Å². The second-order valence-corrected chi connectivity index (χ2v) is 4.78. The van der Waals surface area contributed by atoms with E-state index >= 15 is 0 Å². The molecule has 1 atom stereocenters. The van der Waals surface area contributed by atoms with Crippen molar-refractivity contribution in [2.24, 2.45) is 0 Å². The molecule has 1 N–H and O–H groups in total. The van der Waals surface area contributed by atoms with Crippen molar-refractivity contribution in [2.75, 3.05) is 6.61 Å². The fraction of sp³-hybridized carbons (Fsp3) is 0.462. The fourth-order valence-electron chi connectivity index (χ4n) is 1.40. The molecule has 0 bridgehead atoms. The van der Waals surface area contributed by atoms with Crippen LogP contribution in [0.5, 0.6) is 5.75 Å². The van der Waals surface area contributed by atoms with Gasteiger partial charge in [-0.15, -0.1) is 0 Å². The highest BCUT2D eigenvalue weighted by Crippen LogP contribution is 2.13. The molecule has 17 heavy (non-hydrogen) atoms. The van der Waals surface area contributed by atoms with E-state index in [2.05, 4.69) is 21.2 Å². The molecular formula is C13H18BrNO2. The molecule has 0 saturated carbocycles. The number of carbonyl (C=O) groups excluding carboxylic acids is 1. The van der Waals surface area contributed by atoms with Gasteiger partial charge in [-0.05, 0) is 31.0 Å². The van der Waals surface area contributed by atoms with Gasteiger partial charge in [0.05, 0.1) is 11.4 Å². The quantitative estimate of drug-likeness (QED) is 0.820. The van der Waals surface area contributed by atoms with Gasteiger partial charge in [-0.3, -0.25) is 4.79 Å². The lowest BCUT2D eigenvalue weighted by atomic mass is 10.2. The van der Waals surface area contributed by atoms with Crippen molar-refractivity contribution in [1.29, 1.82) is 0 Å². The largest absolute Gasteiger partial charge is 0.494 e. The molecular weight excluding hydrogens is 282 g/mol. The molecule has 0 fully saturated rings. The average Bonchev–Trinajstić information content (AvgIpc) is 2.36.